The second-order valence-corrected chi connectivity index (χ2v) is 8.73. The Morgan fingerprint density at radius 1 is 0.879 bits per heavy atom. The molecule has 0 unspecified atom stereocenters. The normalized spacial score (nSPS) is 11.1. The summed E-state index contributed by atoms with van der Waals surface area (Å²) in [5.74, 6) is -0.321. The van der Waals surface area contributed by atoms with Crippen LogP contribution >= 0.6 is 0 Å². The largest absolute Gasteiger partial charge is 0.493 e. The molecule has 10 heteroatoms. The minimum Gasteiger partial charge on any atom is -0.493 e. The molecule has 0 bridgehead atoms. The highest BCUT2D eigenvalue weighted by atomic mass is 32.2. The van der Waals surface area contributed by atoms with Crippen molar-refractivity contribution in [3.63, 3.8) is 0 Å². The van der Waals surface area contributed by atoms with E-state index in [1.165, 1.54) is 26.4 Å². The lowest BCUT2D eigenvalue weighted by molar-refractivity contribution is -0.147. The lowest BCUT2D eigenvalue weighted by atomic mass is 10.1. The van der Waals surface area contributed by atoms with Crippen molar-refractivity contribution in [2.45, 2.75) is 11.4 Å². The molecule has 3 aromatic carbocycles. The summed E-state index contributed by atoms with van der Waals surface area (Å²) >= 11 is 0. The van der Waals surface area contributed by atoms with Crippen LogP contribution in [0.15, 0.2) is 65.6 Å². The zero-order valence-electron chi connectivity index (χ0n) is 18.2. The van der Waals surface area contributed by atoms with E-state index in [2.05, 4.69) is 10.0 Å². The fraction of sp³-hybridized carbons (Fsp3) is 0.217. The van der Waals surface area contributed by atoms with Gasteiger partial charge in [0.25, 0.3) is 5.91 Å². The standard InChI is InChI=1S/C23H24N2O7S/c1-30-20-10-7-16(11-21(20)31-2)13-24-22(26)15-32-23(27)14-25-33(28,29)19-9-8-17-5-3-4-6-18(17)12-19/h3-12,25H,13-15H2,1-2H3,(H,24,26). The van der Waals surface area contributed by atoms with E-state index >= 15 is 0 Å². The van der Waals surface area contributed by atoms with Crippen LogP contribution in [0.25, 0.3) is 10.8 Å². The fourth-order valence-corrected chi connectivity index (χ4v) is 4.02. The van der Waals surface area contributed by atoms with E-state index in [1.807, 2.05) is 12.1 Å². The lowest BCUT2D eigenvalue weighted by Gasteiger charge is -2.11. The molecule has 0 aromatic heterocycles. The number of rotatable bonds is 10. The van der Waals surface area contributed by atoms with Gasteiger partial charge < -0.3 is 19.5 Å². The van der Waals surface area contributed by atoms with Crippen molar-refractivity contribution in [3.8, 4) is 11.5 Å². The average molecular weight is 473 g/mol. The van der Waals surface area contributed by atoms with Crippen LogP contribution in [-0.4, -0.2) is 47.7 Å². The number of benzene rings is 3. The average Bonchev–Trinajstić information content (AvgIpc) is 2.84. The van der Waals surface area contributed by atoms with Gasteiger partial charge in [0, 0.05) is 6.54 Å². The quantitative estimate of drug-likeness (QED) is 0.433. The minimum absolute atomic E-state index is 0.0293. The summed E-state index contributed by atoms with van der Waals surface area (Å²) in [6.45, 7) is -0.951. The van der Waals surface area contributed by atoms with Gasteiger partial charge in [-0.1, -0.05) is 36.4 Å². The summed E-state index contributed by atoms with van der Waals surface area (Å²) in [6, 6.07) is 17.2. The predicted molar refractivity (Wildman–Crippen MR) is 121 cm³/mol. The zero-order chi connectivity index (χ0) is 23.8. The van der Waals surface area contributed by atoms with Crippen molar-refractivity contribution in [1.82, 2.24) is 10.0 Å². The summed E-state index contributed by atoms with van der Waals surface area (Å²) in [5.41, 5.74) is 0.760. The third-order valence-corrected chi connectivity index (χ3v) is 6.14. The number of carbonyl (C=O) groups excluding carboxylic acids is 2. The number of amides is 1. The Morgan fingerprint density at radius 2 is 1.61 bits per heavy atom. The number of esters is 1. The second kappa shape index (κ2) is 10.8. The number of methoxy groups -OCH3 is 2. The molecular formula is C23H24N2O7S. The Morgan fingerprint density at radius 3 is 2.33 bits per heavy atom. The number of carbonyl (C=O) groups is 2. The minimum atomic E-state index is -3.92. The topological polar surface area (TPSA) is 120 Å². The molecule has 174 valence electrons. The van der Waals surface area contributed by atoms with Crippen LogP contribution in [0.3, 0.4) is 0 Å². The van der Waals surface area contributed by atoms with Gasteiger partial charge in [-0.15, -0.1) is 0 Å². The molecule has 0 heterocycles. The highest BCUT2D eigenvalue weighted by Gasteiger charge is 2.17. The van der Waals surface area contributed by atoms with Crippen LogP contribution in [0.4, 0.5) is 0 Å². The summed E-state index contributed by atoms with van der Waals surface area (Å²) in [7, 11) is -0.886. The zero-order valence-corrected chi connectivity index (χ0v) is 19.0. The van der Waals surface area contributed by atoms with Crippen LogP contribution in [0.1, 0.15) is 5.56 Å². The van der Waals surface area contributed by atoms with E-state index in [0.29, 0.717) is 11.5 Å². The molecule has 3 aromatic rings. The van der Waals surface area contributed by atoms with E-state index in [4.69, 9.17) is 14.2 Å². The first-order valence-electron chi connectivity index (χ1n) is 9.94. The highest BCUT2D eigenvalue weighted by Crippen LogP contribution is 2.27. The summed E-state index contributed by atoms with van der Waals surface area (Å²) in [6.07, 6.45) is 0. The van der Waals surface area contributed by atoms with Gasteiger partial charge >= 0.3 is 5.97 Å². The molecule has 33 heavy (non-hydrogen) atoms. The van der Waals surface area contributed by atoms with Crippen LogP contribution in [0.2, 0.25) is 0 Å². The number of hydrogen-bond donors (Lipinski definition) is 2. The number of ether oxygens (including phenoxy) is 3. The number of hydrogen-bond acceptors (Lipinski definition) is 7. The second-order valence-electron chi connectivity index (χ2n) is 6.96. The molecular weight excluding hydrogens is 448 g/mol. The Bertz CT molecular complexity index is 1260. The van der Waals surface area contributed by atoms with Crippen molar-refractivity contribution < 1.29 is 32.2 Å². The van der Waals surface area contributed by atoms with E-state index in [9.17, 15) is 18.0 Å². The van der Waals surface area contributed by atoms with Crippen LogP contribution in [0, 0.1) is 0 Å². The first-order valence-corrected chi connectivity index (χ1v) is 11.4. The van der Waals surface area contributed by atoms with Gasteiger partial charge in [0.15, 0.2) is 18.1 Å². The monoisotopic (exact) mass is 472 g/mol. The molecule has 0 atom stereocenters. The van der Waals surface area contributed by atoms with Crippen molar-refractivity contribution in [2.24, 2.45) is 0 Å². The van der Waals surface area contributed by atoms with Gasteiger partial charge in [-0.25, -0.2) is 8.42 Å². The summed E-state index contributed by atoms with van der Waals surface area (Å²) in [5, 5.41) is 4.26. The van der Waals surface area contributed by atoms with Crippen molar-refractivity contribution in [3.05, 3.63) is 66.2 Å². The smallest absolute Gasteiger partial charge is 0.321 e. The van der Waals surface area contributed by atoms with Gasteiger partial charge in [-0.2, -0.15) is 4.72 Å². The number of sulfonamides is 1. The fourth-order valence-electron chi connectivity index (χ4n) is 3.01. The summed E-state index contributed by atoms with van der Waals surface area (Å²) in [4.78, 5) is 23.9. The molecule has 1 amide bonds. The molecule has 3 rings (SSSR count). The van der Waals surface area contributed by atoms with Gasteiger partial charge in [0.05, 0.1) is 19.1 Å². The first-order chi connectivity index (χ1) is 15.8. The van der Waals surface area contributed by atoms with Crippen LogP contribution in [0.5, 0.6) is 11.5 Å². The van der Waals surface area contributed by atoms with E-state index in [1.54, 1.807) is 36.4 Å². The van der Waals surface area contributed by atoms with E-state index in [-0.39, 0.29) is 11.4 Å². The van der Waals surface area contributed by atoms with Crippen molar-refractivity contribution in [1.29, 1.82) is 0 Å². The van der Waals surface area contributed by atoms with E-state index in [0.717, 1.165) is 16.3 Å². The maximum Gasteiger partial charge on any atom is 0.321 e. The van der Waals surface area contributed by atoms with Crippen LogP contribution in [-0.2, 0) is 30.9 Å². The van der Waals surface area contributed by atoms with Crippen molar-refractivity contribution >= 4 is 32.7 Å². The van der Waals surface area contributed by atoms with Gasteiger partial charge in [0.1, 0.15) is 6.54 Å². The third-order valence-electron chi connectivity index (χ3n) is 4.74. The predicted octanol–water partition coefficient (Wildman–Crippen LogP) is 1.99. The summed E-state index contributed by atoms with van der Waals surface area (Å²) < 4.78 is 42.3. The molecule has 0 spiro atoms. The molecule has 0 radical (unpaired) electrons. The van der Waals surface area contributed by atoms with E-state index < -0.39 is 35.1 Å². The molecule has 0 aliphatic carbocycles. The lowest BCUT2D eigenvalue weighted by Crippen LogP contribution is -2.33. The number of fused-ring (bicyclic) bond motifs is 1. The van der Waals surface area contributed by atoms with Crippen molar-refractivity contribution in [2.75, 3.05) is 27.4 Å². The third kappa shape index (κ3) is 6.43. The Labute approximate surface area is 191 Å². The molecule has 0 saturated carbocycles. The van der Waals surface area contributed by atoms with Crippen LogP contribution < -0.4 is 19.5 Å². The SMILES string of the molecule is COc1ccc(CNC(=O)COC(=O)CNS(=O)(=O)c2ccc3ccccc3c2)cc1OC. The Hall–Kier alpha value is -3.63. The number of nitrogens with one attached hydrogen (secondary N) is 2. The molecule has 9 nitrogen and oxygen atoms in total. The van der Waals surface area contributed by atoms with Gasteiger partial charge in [-0.3, -0.25) is 9.59 Å². The highest BCUT2D eigenvalue weighted by molar-refractivity contribution is 7.89. The molecule has 0 saturated heterocycles. The maximum atomic E-state index is 12.5. The maximum absolute atomic E-state index is 12.5. The molecule has 0 fully saturated rings. The molecule has 0 aliphatic rings. The Balaban J connectivity index is 1.46. The molecule has 2 N–H and O–H groups in total. The van der Waals surface area contributed by atoms with Gasteiger partial charge in [0.2, 0.25) is 10.0 Å². The van der Waals surface area contributed by atoms with Gasteiger partial charge in [-0.05, 0) is 40.6 Å². The first kappa shape index (κ1) is 24.0. The Kier molecular flexibility index (Phi) is 7.86. The molecule has 0 aliphatic heterocycles.